The summed E-state index contributed by atoms with van der Waals surface area (Å²) in [5.41, 5.74) is 6.85. The van der Waals surface area contributed by atoms with Crippen LogP contribution >= 0.6 is 0 Å². The van der Waals surface area contributed by atoms with E-state index in [1.54, 1.807) is 0 Å². The number of fused-ring (bicyclic) bond motifs is 1. The molecule has 0 aliphatic carbocycles. The molecule has 0 fully saturated rings. The smallest absolute Gasteiger partial charge is 0.224 e. The van der Waals surface area contributed by atoms with Crippen LogP contribution in [0.4, 0.5) is 0 Å². The number of carbonyl (C=O) groups is 1. The Morgan fingerprint density at radius 1 is 1.21 bits per heavy atom. The number of nitrogens with one attached hydrogen (secondary N) is 1. The molecular weight excluding hydrogens is 236 g/mol. The van der Waals surface area contributed by atoms with Crippen LogP contribution in [0.3, 0.4) is 0 Å². The number of carbonyl (C=O) groups excluding carboxylic acids is 1. The van der Waals surface area contributed by atoms with Gasteiger partial charge in [0, 0.05) is 12.6 Å². The lowest BCUT2D eigenvalue weighted by atomic mass is 10.0. The molecule has 1 unspecified atom stereocenters. The predicted molar refractivity (Wildman–Crippen MR) is 78.9 cm³/mol. The number of benzene rings is 2. The second kappa shape index (κ2) is 6.34. The van der Waals surface area contributed by atoms with Crippen molar-refractivity contribution in [3.63, 3.8) is 0 Å². The maximum atomic E-state index is 11.9. The molecule has 19 heavy (non-hydrogen) atoms. The van der Waals surface area contributed by atoms with Crippen molar-refractivity contribution in [3.05, 3.63) is 48.0 Å². The van der Waals surface area contributed by atoms with Gasteiger partial charge < -0.3 is 11.1 Å². The molecule has 3 nitrogen and oxygen atoms in total. The van der Waals surface area contributed by atoms with Gasteiger partial charge in [0.15, 0.2) is 0 Å². The van der Waals surface area contributed by atoms with Gasteiger partial charge in [0.2, 0.25) is 5.91 Å². The second-order valence-electron chi connectivity index (χ2n) is 4.79. The Kier molecular flexibility index (Phi) is 4.53. The molecule has 1 amide bonds. The average Bonchev–Trinajstić information content (AvgIpc) is 2.45. The second-order valence-corrected chi connectivity index (χ2v) is 4.79. The van der Waals surface area contributed by atoms with E-state index in [1.165, 1.54) is 0 Å². The van der Waals surface area contributed by atoms with E-state index in [9.17, 15) is 4.79 Å². The summed E-state index contributed by atoms with van der Waals surface area (Å²) in [6, 6.07) is 14.2. The van der Waals surface area contributed by atoms with E-state index in [2.05, 4.69) is 23.5 Å². The molecule has 0 spiro atoms. The van der Waals surface area contributed by atoms with Crippen molar-refractivity contribution in [2.24, 2.45) is 5.73 Å². The van der Waals surface area contributed by atoms with Crippen LogP contribution in [0.25, 0.3) is 10.8 Å². The van der Waals surface area contributed by atoms with Crippen LogP contribution in [0.1, 0.15) is 18.9 Å². The molecule has 3 heteroatoms. The highest BCUT2D eigenvalue weighted by atomic mass is 16.1. The van der Waals surface area contributed by atoms with E-state index in [1.807, 2.05) is 31.2 Å². The third-order valence-corrected chi connectivity index (χ3v) is 3.32. The minimum absolute atomic E-state index is 0.0280. The highest BCUT2D eigenvalue weighted by Crippen LogP contribution is 2.18. The summed E-state index contributed by atoms with van der Waals surface area (Å²) in [6.07, 6.45) is 1.27. The zero-order chi connectivity index (χ0) is 13.7. The van der Waals surface area contributed by atoms with E-state index < -0.39 is 0 Å². The Morgan fingerprint density at radius 3 is 2.74 bits per heavy atom. The largest absolute Gasteiger partial charge is 0.354 e. The van der Waals surface area contributed by atoms with Gasteiger partial charge in [-0.05, 0) is 22.8 Å². The molecular formula is C16H20N2O. The average molecular weight is 256 g/mol. The van der Waals surface area contributed by atoms with Crippen molar-refractivity contribution in [1.82, 2.24) is 5.32 Å². The summed E-state index contributed by atoms with van der Waals surface area (Å²) in [5.74, 6) is 0.0280. The van der Waals surface area contributed by atoms with Crippen LogP contribution in [-0.4, -0.2) is 18.5 Å². The topological polar surface area (TPSA) is 55.1 Å². The molecule has 100 valence electrons. The van der Waals surface area contributed by atoms with Gasteiger partial charge in [-0.25, -0.2) is 0 Å². The fraction of sp³-hybridized carbons (Fsp3) is 0.312. The first-order valence-corrected chi connectivity index (χ1v) is 6.69. The van der Waals surface area contributed by atoms with E-state index in [4.69, 9.17) is 5.73 Å². The Hall–Kier alpha value is -1.87. The van der Waals surface area contributed by atoms with Crippen LogP contribution in [0.5, 0.6) is 0 Å². The lowest BCUT2D eigenvalue weighted by Crippen LogP contribution is -2.37. The Labute approximate surface area is 113 Å². The number of rotatable bonds is 5. The lowest BCUT2D eigenvalue weighted by Gasteiger charge is -2.11. The molecule has 2 rings (SSSR count). The van der Waals surface area contributed by atoms with Crippen molar-refractivity contribution < 1.29 is 4.79 Å². The minimum Gasteiger partial charge on any atom is -0.354 e. The first kappa shape index (κ1) is 13.6. The van der Waals surface area contributed by atoms with Gasteiger partial charge in [-0.3, -0.25) is 4.79 Å². The quantitative estimate of drug-likeness (QED) is 0.862. The first-order chi connectivity index (χ1) is 9.20. The number of nitrogens with two attached hydrogens (primary N) is 1. The monoisotopic (exact) mass is 256 g/mol. The highest BCUT2D eigenvalue weighted by Gasteiger charge is 2.07. The van der Waals surface area contributed by atoms with E-state index >= 15 is 0 Å². The lowest BCUT2D eigenvalue weighted by molar-refractivity contribution is -0.120. The SMILES string of the molecule is CCC(N)CNC(=O)Cc1cccc2ccccc12. The number of hydrogen-bond acceptors (Lipinski definition) is 2. The molecule has 0 heterocycles. The molecule has 3 N–H and O–H groups in total. The molecule has 2 aromatic carbocycles. The standard InChI is InChI=1S/C16H20N2O/c1-2-14(17)11-18-16(19)10-13-8-5-7-12-6-3-4-9-15(12)13/h3-9,14H,2,10-11,17H2,1H3,(H,18,19). The van der Waals surface area contributed by atoms with Crippen molar-refractivity contribution in [2.45, 2.75) is 25.8 Å². The normalized spacial score (nSPS) is 12.3. The van der Waals surface area contributed by atoms with Gasteiger partial charge in [0.25, 0.3) is 0 Å². The molecule has 0 bridgehead atoms. The van der Waals surface area contributed by atoms with Crippen LogP contribution in [0, 0.1) is 0 Å². The van der Waals surface area contributed by atoms with Gasteiger partial charge in [-0.1, -0.05) is 49.4 Å². The summed E-state index contributed by atoms with van der Waals surface area (Å²) in [5, 5.41) is 5.19. The third kappa shape index (κ3) is 3.55. The van der Waals surface area contributed by atoms with Crippen molar-refractivity contribution in [2.75, 3.05) is 6.54 Å². The Morgan fingerprint density at radius 2 is 1.95 bits per heavy atom. The van der Waals surface area contributed by atoms with Gasteiger partial charge in [0.05, 0.1) is 6.42 Å². The summed E-state index contributed by atoms with van der Waals surface area (Å²) in [4.78, 5) is 11.9. The van der Waals surface area contributed by atoms with Crippen LogP contribution in [-0.2, 0) is 11.2 Å². The van der Waals surface area contributed by atoms with E-state index in [0.717, 1.165) is 22.8 Å². The van der Waals surface area contributed by atoms with Crippen LogP contribution in [0.15, 0.2) is 42.5 Å². The van der Waals surface area contributed by atoms with Crippen molar-refractivity contribution in [3.8, 4) is 0 Å². The molecule has 0 aliphatic heterocycles. The van der Waals surface area contributed by atoms with Gasteiger partial charge in [-0.15, -0.1) is 0 Å². The molecule has 0 radical (unpaired) electrons. The summed E-state index contributed by atoms with van der Waals surface area (Å²) in [6.45, 7) is 2.56. The van der Waals surface area contributed by atoms with Gasteiger partial charge in [0.1, 0.15) is 0 Å². The Balaban J connectivity index is 2.07. The van der Waals surface area contributed by atoms with E-state index in [0.29, 0.717) is 13.0 Å². The summed E-state index contributed by atoms with van der Waals surface area (Å²) in [7, 11) is 0. The molecule has 0 aromatic heterocycles. The third-order valence-electron chi connectivity index (χ3n) is 3.32. The first-order valence-electron chi connectivity index (χ1n) is 6.69. The van der Waals surface area contributed by atoms with Crippen molar-refractivity contribution in [1.29, 1.82) is 0 Å². The molecule has 2 aromatic rings. The fourth-order valence-electron chi connectivity index (χ4n) is 2.07. The van der Waals surface area contributed by atoms with Crippen molar-refractivity contribution >= 4 is 16.7 Å². The zero-order valence-corrected chi connectivity index (χ0v) is 11.2. The highest BCUT2D eigenvalue weighted by molar-refractivity contribution is 5.90. The molecule has 0 aliphatic rings. The van der Waals surface area contributed by atoms with Gasteiger partial charge in [-0.2, -0.15) is 0 Å². The zero-order valence-electron chi connectivity index (χ0n) is 11.2. The summed E-state index contributed by atoms with van der Waals surface area (Å²) < 4.78 is 0. The minimum atomic E-state index is 0.0280. The number of amides is 1. The predicted octanol–water partition coefficient (Wildman–Crippen LogP) is 2.24. The van der Waals surface area contributed by atoms with Crippen LogP contribution in [0.2, 0.25) is 0 Å². The van der Waals surface area contributed by atoms with E-state index in [-0.39, 0.29) is 11.9 Å². The number of hydrogen-bond donors (Lipinski definition) is 2. The molecule has 0 saturated carbocycles. The summed E-state index contributed by atoms with van der Waals surface area (Å²) >= 11 is 0. The maximum Gasteiger partial charge on any atom is 0.224 e. The fourth-order valence-corrected chi connectivity index (χ4v) is 2.07. The molecule has 1 atom stereocenters. The van der Waals surface area contributed by atoms with Gasteiger partial charge >= 0.3 is 0 Å². The molecule has 0 saturated heterocycles. The van der Waals surface area contributed by atoms with Crippen LogP contribution < -0.4 is 11.1 Å². The Bertz CT molecular complexity index is 560. The maximum absolute atomic E-state index is 11.9.